The molecule has 0 aliphatic heterocycles. The van der Waals surface area contributed by atoms with Crippen LogP contribution in [0.1, 0.15) is 215 Å². The Kier molecular flexibility index (Phi) is 12.3. The summed E-state index contributed by atoms with van der Waals surface area (Å²) in [5, 5.41) is 35.0. The number of rotatable bonds is 6. The normalized spacial score (nSPS) is 13.9. The van der Waals surface area contributed by atoms with Crippen molar-refractivity contribution >= 4 is 5.69 Å². The number of aromatic hydroxyl groups is 3. The van der Waals surface area contributed by atoms with E-state index in [0.29, 0.717) is 30.1 Å². The maximum Gasteiger partial charge on any atom is 0.123 e. The van der Waals surface area contributed by atoms with Crippen molar-refractivity contribution in [3.8, 4) is 17.2 Å². The van der Waals surface area contributed by atoms with Gasteiger partial charge in [-0.2, -0.15) is 0 Å². The quantitative estimate of drug-likeness (QED) is 0.147. The number of nitrogen functional groups attached to an aromatic ring is 1. The topological polar surface area (TPSA) is 86.7 Å². The van der Waals surface area contributed by atoms with Crippen LogP contribution in [0, 0.1) is 13.8 Å². The largest absolute Gasteiger partial charge is 0.507 e. The number of hydrogen-bond acceptors (Lipinski definition) is 4. The standard InChI is InChI=1S/C54H79NO3/c1-30(35-28-42(53(16,17)18)48(58)43(29-35)54(19,20)21)44-32(3)36(22-33-24-38(49(4,5)6)46(56)39(25-33)50(7,8)9)31(2)37(45(44)55)23-34-26-40(51(10,11)12)47(57)41(27-34)52(13,14)15/h24-30,56-58H,22-23,55H2,1-21H3. The van der Waals surface area contributed by atoms with Gasteiger partial charge in [0, 0.05) is 11.6 Å². The molecular weight excluding hydrogens is 711 g/mol. The van der Waals surface area contributed by atoms with E-state index in [1.54, 1.807) is 0 Å². The molecule has 318 valence electrons. The number of anilines is 1. The Morgan fingerprint density at radius 1 is 0.431 bits per heavy atom. The number of benzene rings is 4. The molecule has 5 N–H and O–H groups in total. The summed E-state index contributed by atoms with van der Waals surface area (Å²) in [6, 6.07) is 13.2. The van der Waals surface area contributed by atoms with Crippen molar-refractivity contribution in [2.24, 2.45) is 0 Å². The SMILES string of the molecule is Cc1c(Cc2cc(C(C)(C)C)c(O)c(C(C)(C)C)c2)c(C)c(C(C)c2cc(C(C)(C)C)c(O)c(C(C)(C)C)c2)c(N)c1Cc1cc(C(C)(C)C)c(O)c(C(C)(C)C)c1. The molecule has 0 spiro atoms. The van der Waals surface area contributed by atoms with E-state index in [1.807, 2.05) is 0 Å². The molecule has 0 saturated heterocycles. The van der Waals surface area contributed by atoms with Crippen LogP contribution >= 0.6 is 0 Å². The molecule has 0 amide bonds. The van der Waals surface area contributed by atoms with Crippen LogP contribution in [0.2, 0.25) is 0 Å². The monoisotopic (exact) mass is 790 g/mol. The van der Waals surface area contributed by atoms with E-state index in [9.17, 15) is 15.3 Å². The minimum Gasteiger partial charge on any atom is -0.507 e. The lowest BCUT2D eigenvalue weighted by Crippen LogP contribution is -2.20. The van der Waals surface area contributed by atoms with Crippen molar-refractivity contribution in [1.29, 1.82) is 0 Å². The lowest BCUT2D eigenvalue weighted by atomic mass is 9.74. The predicted molar refractivity (Wildman–Crippen MR) is 250 cm³/mol. The third kappa shape index (κ3) is 9.42. The summed E-state index contributed by atoms with van der Waals surface area (Å²) in [4.78, 5) is 0. The molecule has 0 saturated carbocycles. The zero-order valence-corrected chi connectivity index (χ0v) is 40.4. The molecule has 4 heteroatoms. The first kappa shape index (κ1) is 46.8. The molecule has 0 aromatic heterocycles. The highest BCUT2D eigenvalue weighted by atomic mass is 16.3. The van der Waals surface area contributed by atoms with Crippen molar-refractivity contribution in [3.63, 3.8) is 0 Å². The molecule has 1 unspecified atom stereocenters. The molecule has 4 nitrogen and oxygen atoms in total. The maximum absolute atomic E-state index is 11.7. The van der Waals surface area contributed by atoms with Crippen LogP contribution in [0.15, 0.2) is 36.4 Å². The molecule has 0 aliphatic rings. The van der Waals surface area contributed by atoms with Gasteiger partial charge in [-0.1, -0.05) is 168 Å². The Morgan fingerprint density at radius 2 is 0.690 bits per heavy atom. The number of phenolic OH excluding ortho intramolecular Hbond substituents is 3. The fourth-order valence-electron chi connectivity index (χ4n) is 8.75. The lowest BCUT2D eigenvalue weighted by Gasteiger charge is -2.31. The van der Waals surface area contributed by atoms with Crippen LogP contribution in [0.5, 0.6) is 17.2 Å². The van der Waals surface area contributed by atoms with Gasteiger partial charge in [-0.05, 0) is 137 Å². The van der Waals surface area contributed by atoms with E-state index in [4.69, 9.17) is 5.73 Å². The zero-order valence-electron chi connectivity index (χ0n) is 40.4. The number of phenols is 3. The van der Waals surface area contributed by atoms with E-state index >= 15 is 0 Å². The minimum atomic E-state index is -0.271. The van der Waals surface area contributed by atoms with Crippen LogP contribution in [0.25, 0.3) is 0 Å². The second-order valence-electron chi connectivity index (χ2n) is 23.7. The third-order valence-electron chi connectivity index (χ3n) is 12.4. The zero-order chi connectivity index (χ0) is 44.6. The Hall–Kier alpha value is -3.92. The van der Waals surface area contributed by atoms with Crippen molar-refractivity contribution in [2.75, 3.05) is 5.73 Å². The third-order valence-corrected chi connectivity index (χ3v) is 12.4. The number of nitrogens with two attached hydrogens (primary N) is 1. The van der Waals surface area contributed by atoms with E-state index in [-0.39, 0.29) is 38.4 Å². The molecule has 4 aromatic carbocycles. The van der Waals surface area contributed by atoms with E-state index in [2.05, 4.69) is 182 Å². The second kappa shape index (κ2) is 15.3. The minimum absolute atomic E-state index is 0.0777. The van der Waals surface area contributed by atoms with Crippen molar-refractivity contribution in [1.82, 2.24) is 0 Å². The van der Waals surface area contributed by atoms with Gasteiger partial charge in [0.05, 0.1) is 0 Å². The first-order valence-electron chi connectivity index (χ1n) is 21.5. The maximum atomic E-state index is 11.7. The molecule has 0 aliphatic carbocycles. The van der Waals surface area contributed by atoms with Gasteiger partial charge in [-0.15, -0.1) is 0 Å². The lowest BCUT2D eigenvalue weighted by molar-refractivity contribution is 0.421. The Bertz CT molecular complexity index is 1980. The summed E-state index contributed by atoms with van der Waals surface area (Å²) in [5.74, 6) is 1.06. The number of hydrogen-bond donors (Lipinski definition) is 4. The molecule has 0 fully saturated rings. The van der Waals surface area contributed by atoms with Gasteiger partial charge in [0.2, 0.25) is 0 Å². The van der Waals surface area contributed by atoms with Crippen molar-refractivity contribution in [2.45, 2.75) is 197 Å². The molecule has 4 rings (SSSR count). The van der Waals surface area contributed by atoms with Gasteiger partial charge < -0.3 is 21.1 Å². The van der Waals surface area contributed by atoms with Gasteiger partial charge in [-0.25, -0.2) is 0 Å². The highest BCUT2D eigenvalue weighted by Crippen LogP contribution is 2.47. The van der Waals surface area contributed by atoms with Crippen LogP contribution < -0.4 is 5.73 Å². The first-order valence-corrected chi connectivity index (χ1v) is 21.5. The summed E-state index contributed by atoms with van der Waals surface area (Å²) in [6.07, 6.45) is 1.30. The van der Waals surface area contributed by atoms with Crippen LogP contribution in [-0.2, 0) is 45.3 Å². The molecular formula is C54H79NO3. The van der Waals surface area contributed by atoms with E-state index in [1.165, 1.54) is 16.7 Å². The van der Waals surface area contributed by atoms with Gasteiger partial charge in [0.1, 0.15) is 17.2 Å². The highest BCUT2D eigenvalue weighted by molar-refractivity contribution is 5.68. The summed E-state index contributed by atoms with van der Waals surface area (Å²) in [7, 11) is 0. The van der Waals surface area contributed by atoms with Gasteiger partial charge >= 0.3 is 0 Å². The first-order chi connectivity index (χ1) is 26.0. The second-order valence-corrected chi connectivity index (χ2v) is 23.7. The average molecular weight is 790 g/mol. The fourth-order valence-corrected chi connectivity index (χ4v) is 8.75. The molecule has 1 atom stereocenters. The fraction of sp³-hybridized carbons (Fsp3) is 0.556. The Labute approximate surface area is 353 Å². The van der Waals surface area contributed by atoms with Gasteiger partial charge in [0.15, 0.2) is 0 Å². The molecule has 0 bridgehead atoms. The predicted octanol–water partition coefficient (Wildman–Crippen LogP) is 14.1. The van der Waals surface area contributed by atoms with Crippen LogP contribution in [0.4, 0.5) is 5.69 Å². The summed E-state index contributed by atoms with van der Waals surface area (Å²) >= 11 is 0. The van der Waals surface area contributed by atoms with E-state index < -0.39 is 0 Å². The molecule has 0 heterocycles. The van der Waals surface area contributed by atoms with Gasteiger partial charge in [0.25, 0.3) is 0 Å². The smallest absolute Gasteiger partial charge is 0.123 e. The van der Waals surface area contributed by atoms with Crippen molar-refractivity contribution < 1.29 is 15.3 Å². The molecule has 4 aromatic rings. The summed E-state index contributed by atoms with van der Waals surface area (Å²) in [6.45, 7) is 45.7. The van der Waals surface area contributed by atoms with Gasteiger partial charge in [-0.3, -0.25) is 0 Å². The van der Waals surface area contributed by atoms with Crippen molar-refractivity contribution in [3.05, 3.63) is 114 Å². The summed E-state index contributed by atoms with van der Waals surface area (Å²) in [5.41, 5.74) is 21.7. The molecule has 58 heavy (non-hydrogen) atoms. The van der Waals surface area contributed by atoms with Crippen LogP contribution in [-0.4, -0.2) is 15.3 Å². The van der Waals surface area contributed by atoms with E-state index in [0.717, 1.165) is 66.9 Å². The molecule has 0 radical (unpaired) electrons. The van der Waals surface area contributed by atoms with Crippen LogP contribution in [0.3, 0.4) is 0 Å². The Morgan fingerprint density at radius 3 is 0.966 bits per heavy atom. The average Bonchev–Trinajstić information content (AvgIpc) is 3.03. The Balaban J connectivity index is 2.15. The summed E-state index contributed by atoms with van der Waals surface area (Å²) < 4.78 is 0. The highest BCUT2D eigenvalue weighted by Gasteiger charge is 2.32.